The van der Waals surface area contributed by atoms with Gasteiger partial charge in [0.25, 0.3) is 5.91 Å². The molecule has 14 heteroatoms. The average molecular weight is 619 g/mol. The first-order valence-electron chi connectivity index (χ1n) is 14.7. The molecule has 236 valence electrons. The zero-order valence-electron chi connectivity index (χ0n) is 24.9. The molecule has 2 aliphatic heterocycles. The lowest BCUT2D eigenvalue weighted by Crippen LogP contribution is -2.58. The van der Waals surface area contributed by atoms with Crippen LogP contribution in [0.3, 0.4) is 0 Å². The predicted molar refractivity (Wildman–Crippen MR) is 161 cm³/mol. The van der Waals surface area contributed by atoms with Crippen LogP contribution in [-0.2, 0) is 29.3 Å². The van der Waals surface area contributed by atoms with E-state index in [1.54, 1.807) is 20.8 Å². The van der Waals surface area contributed by atoms with Gasteiger partial charge in [-0.3, -0.25) is 19.1 Å². The number of ether oxygens (including phenoxy) is 1. The number of nitrogen functional groups attached to an aromatic ring is 1. The molecule has 2 fully saturated rings. The van der Waals surface area contributed by atoms with Gasteiger partial charge < -0.3 is 26.0 Å². The van der Waals surface area contributed by atoms with E-state index in [0.717, 1.165) is 12.8 Å². The molecule has 1 saturated carbocycles. The lowest BCUT2D eigenvalue weighted by atomic mass is 10.0. The van der Waals surface area contributed by atoms with E-state index in [1.165, 1.54) is 29.2 Å². The molecule has 3 aliphatic rings. The monoisotopic (exact) mass is 618 g/mol. The van der Waals surface area contributed by atoms with E-state index in [9.17, 15) is 27.6 Å². The summed E-state index contributed by atoms with van der Waals surface area (Å²) in [7, 11) is -4.33. The lowest BCUT2D eigenvalue weighted by Gasteiger charge is -2.30. The number of benzene rings is 1. The fraction of sp³-hybridized carbons (Fsp3) is 0.586. The number of rotatable bonds is 5. The number of carbonyl (C=O) groups is 4. The number of hydrogen-bond acceptors (Lipinski definition) is 8. The van der Waals surface area contributed by atoms with Crippen molar-refractivity contribution in [3.05, 3.63) is 36.4 Å². The van der Waals surface area contributed by atoms with Gasteiger partial charge in [-0.15, -0.1) is 0 Å². The molecule has 43 heavy (non-hydrogen) atoms. The van der Waals surface area contributed by atoms with Crippen molar-refractivity contribution in [2.75, 3.05) is 17.0 Å². The van der Waals surface area contributed by atoms with E-state index in [0.29, 0.717) is 44.3 Å². The Kier molecular flexibility index (Phi) is 9.57. The van der Waals surface area contributed by atoms with Crippen molar-refractivity contribution in [1.29, 1.82) is 0 Å². The molecule has 0 spiro atoms. The Labute approximate surface area is 252 Å². The second-order valence-electron chi connectivity index (χ2n) is 12.4. The molecule has 0 aromatic heterocycles. The van der Waals surface area contributed by atoms with E-state index in [4.69, 9.17) is 10.5 Å². The third-order valence-corrected chi connectivity index (χ3v) is 8.67. The summed E-state index contributed by atoms with van der Waals surface area (Å²) in [5.74, 6) is -2.23. The smallest absolute Gasteiger partial charge is 0.408 e. The Morgan fingerprint density at radius 2 is 1.79 bits per heavy atom. The van der Waals surface area contributed by atoms with Gasteiger partial charge in [0.05, 0.1) is 5.69 Å². The Balaban J connectivity index is 1.53. The molecule has 1 aromatic carbocycles. The number of carbonyl (C=O) groups excluding carboxylic acids is 4. The third kappa shape index (κ3) is 8.39. The Morgan fingerprint density at radius 3 is 2.49 bits per heavy atom. The van der Waals surface area contributed by atoms with Crippen molar-refractivity contribution < 1.29 is 32.3 Å². The van der Waals surface area contributed by atoms with Crippen LogP contribution in [-0.4, -0.2) is 66.9 Å². The fourth-order valence-corrected chi connectivity index (χ4v) is 6.41. The topological polar surface area (TPSA) is 189 Å². The summed E-state index contributed by atoms with van der Waals surface area (Å²) in [4.78, 5) is 54.8. The number of nitrogens with zero attached hydrogens (tertiary/aromatic N) is 1. The number of hydrogen-bond donors (Lipinski definition) is 5. The van der Waals surface area contributed by atoms with Gasteiger partial charge in [-0.2, -0.15) is 8.42 Å². The highest BCUT2D eigenvalue weighted by Gasteiger charge is 2.61. The minimum absolute atomic E-state index is 0.208. The minimum atomic E-state index is -4.33. The SMILES string of the molecule is CC(C)(C)OC(=O)N[C@H]1CCCCC/C=C\[C@@H]2C[C@@]2(C(=O)NS(=O)(=O)Nc2ccc(N)cc2)NC(=O)[C@@H]2CCCN2C1=O. The van der Waals surface area contributed by atoms with E-state index >= 15 is 0 Å². The van der Waals surface area contributed by atoms with E-state index in [1.807, 2.05) is 12.2 Å². The number of amides is 4. The van der Waals surface area contributed by atoms with Gasteiger partial charge in [-0.05, 0) is 83.6 Å². The number of alkyl carbamates (subject to hydrolysis) is 1. The molecular formula is C29H42N6O7S. The number of fused-ring (bicyclic) bond motifs is 2. The molecule has 0 radical (unpaired) electrons. The van der Waals surface area contributed by atoms with Crippen LogP contribution in [0.4, 0.5) is 16.2 Å². The van der Waals surface area contributed by atoms with E-state index in [-0.39, 0.29) is 12.1 Å². The van der Waals surface area contributed by atoms with Crippen LogP contribution in [0.2, 0.25) is 0 Å². The standard InChI is InChI=1S/C29H42N6O7S/c1-28(2,3)42-27(39)31-22-11-8-6-4-5-7-10-19-18-29(19,32-24(36)23-12-9-17-35(23)25(22)37)26(38)34-43(40,41)33-21-15-13-20(30)14-16-21/h7,10,13-16,19,22-23,33H,4-6,8-9,11-12,17-18,30H2,1-3H3,(H,31,39)(H,32,36)(H,34,38)/b10-7-/t19-,22+,23+,29-/m1/s1. The Bertz CT molecular complexity index is 1360. The van der Waals surface area contributed by atoms with Crippen LogP contribution < -0.4 is 25.8 Å². The summed E-state index contributed by atoms with van der Waals surface area (Å²) in [5, 5.41) is 5.49. The van der Waals surface area contributed by atoms with Gasteiger partial charge >= 0.3 is 16.3 Å². The first kappa shape index (κ1) is 32.1. The molecule has 1 saturated heterocycles. The maximum absolute atomic E-state index is 13.7. The summed E-state index contributed by atoms with van der Waals surface area (Å²) in [6.07, 6.45) is 7.58. The highest BCUT2D eigenvalue weighted by Crippen LogP contribution is 2.45. The maximum atomic E-state index is 13.7. The predicted octanol–water partition coefficient (Wildman–Crippen LogP) is 2.32. The van der Waals surface area contributed by atoms with Crippen LogP contribution in [0.5, 0.6) is 0 Å². The normalized spacial score (nSPS) is 27.3. The number of nitrogens with two attached hydrogens (primary N) is 1. The molecule has 0 bridgehead atoms. The summed E-state index contributed by atoms with van der Waals surface area (Å²) in [6, 6.07) is 4.20. The van der Waals surface area contributed by atoms with Crippen molar-refractivity contribution in [2.45, 2.75) is 95.4 Å². The molecule has 1 aliphatic carbocycles. The van der Waals surface area contributed by atoms with Gasteiger partial charge in [0, 0.05) is 18.2 Å². The second kappa shape index (κ2) is 12.8. The van der Waals surface area contributed by atoms with Gasteiger partial charge in [0.2, 0.25) is 11.8 Å². The van der Waals surface area contributed by atoms with Crippen molar-refractivity contribution in [2.24, 2.45) is 5.92 Å². The van der Waals surface area contributed by atoms with E-state index < -0.39 is 63.2 Å². The van der Waals surface area contributed by atoms with Gasteiger partial charge in [0.1, 0.15) is 23.2 Å². The number of anilines is 2. The molecule has 6 N–H and O–H groups in total. The second-order valence-corrected chi connectivity index (χ2v) is 13.8. The molecular weight excluding hydrogens is 576 g/mol. The zero-order valence-corrected chi connectivity index (χ0v) is 25.7. The first-order valence-corrected chi connectivity index (χ1v) is 16.2. The number of nitrogens with one attached hydrogen (secondary N) is 4. The fourth-order valence-electron chi connectivity index (χ4n) is 5.49. The molecule has 1 aromatic rings. The maximum Gasteiger partial charge on any atom is 0.408 e. The summed E-state index contributed by atoms with van der Waals surface area (Å²) >= 11 is 0. The van der Waals surface area contributed by atoms with Crippen LogP contribution >= 0.6 is 0 Å². The average Bonchev–Trinajstić information content (AvgIpc) is 3.36. The summed E-state index contributed by atoms with van der Waals surface area (Å²) in [6.45, 7) is 5.51. The lowest BCUT2D eigenvalue weighted by molar-refractivity contribution is -0.141. The highest BCUT2D eigenvalue weighted by atomic mass is 32.2. The largest absolute Gasteiger partial charge is 0.444 e. The molecule has 4 atom stereocenters. The van der Waals surface area contributed by atoms with Gasteiger partial charge in [-0.25, -0.2) is 9.52 Å². The summed E-state index contributed by atoms with van der Waals surface area (Å²) < 4.78 is 35.3. The molecule has 13 nitrogen and oxygen atoms in total. The van der Waals surface area contributed by atoms with Crippen LogP contribution in [0, 0.1) is 5.92 Å². The van der Waals surface area contributed by atoms with E-state index in [2.05, 4.69) is 20.1 Å². The molecule has 4 amide bonds. The van der Waals surface area contributed by atoms with Crippen molar-refractivity contribution in [3.8, 4) is 0 Å². The van der Waals surface area contributed by atoms with Crippen molar-refractivity contribution in [1.82, 2.24) is 20.3 Å². The Hall–Kier alpha value is -3.81. The zero-order chi connectivity index (χ0) is 31.4. The highest BCUT2D eigenvalue weighted by molar-refractivity contribution is 7.91. The third-order valence-electron chi connectivity index (χ3n) is 7.72. The van der Waals surface area contributed by atoms with Crippen LogP contribution in [0.15, 0.2) is 36.4 Å². The molecule has 4 rings (SSSR count). The van der Waals surface area contributed by atoms with Crippen LogP contribution in [0.25, 0.3) is 0 Å². The Morgan fingerprint density at radius 1 is 1.07 bits per heavy atom. The summed E-state index contributed by atoms with van der Waals surface area (Å²) in [5.41, 5.74) is 4.08. The molecule has 0 unspecified atom stereocenters. The molecule has 2 heterocycles. The van der Waals surface area contributed by atoms with Gasteiger partial charge in [-0.1, -0.05) is 25.0 Å². The van der Waals surface area contributed by atoms with Crippen LogP contribution in [0.1, 0.15) is 72.1 Å². The first-order chi connectivity index (χ1) is 20.2. The minimum Gasteiger partial charge on any atom is -0.444 e. The van der Waals surface area contributed by atoms with Crippen molar-refractivity contribution in [3.63, 3.8) is 0 Å². The quantitative estimate of drug-likeness (QED) is 0.245. The number of allylic oxidation sites excluding steroid dienone is 1. The van der Waals surface area contributed by atoms with Gasteiger partial charge in [0.15, 0.2) is 0 Å². The van der Waals surface area contributed by atoms with Crippen molar-refractivity contribution >= 4 is 45.4 Å².